The molecule has 0 bridgehead atoms. The Labute approximate surface area is 118 Å². The highest BCUT2D eigenvalue weighted by atomic mass is 79.9. The number of halogens is 1. The third-order valence-electron chi connectivity index (χ3n) is 3.87. The molecule has 3 heteroatoms. The van der Waals surface area contributed by atoms with Crippen LogP contribution in [0.25, 0.3) is 0 Å². The van der Waals surface area contributed by atoms with Crippen LogP contribution in [0.3, 0.4) is 0 Å². The van der Waals surface area contributed by atoms with Gasteiger partial charge in [-0.1, -0.05) is 29.3 Å². The van der Waals surface area contributed by atoms with Gasteiger partial charge in [0, 0.05) is 4.47 Å². The van der Waals surface area contributed by atoms with Crippen molar-refractivity contribution < 1.29 is 4.74 Å². The molecular weight excluding hydrogens is 290 g/mol. The molecular formula is C15H22BrNO. The van der Waals surface area contributed by atoms with Crippen molar-refractivity contribution in [2.24, 2.45) is 5.92 Å². The van der Waals surface area contributed by atoms with E-state index in [-0.39, 0.29) is 0 Å². The van der Waals surface area contributed by atoms with Crippen LogP contribution in [0.5, 0.6) is 5.75 Å². The minimum atomic E-state index is 0.649. The molecule has 2 rings (SSSR count). The first-order valence-corrected chi connectivity index (χ1v) is 7.59. The van der Waals surface area contributed by atoms with Crippen LogP contribution in [0.1, 0.15) is 37.7 Å². The molecule has 2 unspecified atom stereocenters. The third kappa shape index (κ3) is 3.07. The van der Waals surface area contributed by atoms with Crippen molar-refractivity contribution in [1.82, 2.24) is 5.32 Å². The van der Waals surface area contributed by atoms with Crippen LogP contribution in [-0.2, 0) is 0 Å². The van der Waals surface area contributed by atoms with E-state index in [1.165, 1.54) is 29.3 Å². The summed E-state index contributed by atoms with van der Waals surface area (Å²) in [6.45, 7) is 4.53. The summed E-state index contributed by atoms with van der Waals surface area (Å²) < 4.78 is 6.58. The van der Waals surface area contributed by atoms with Crippen molar-refractivity contribution in [1.29, 1.82) is 0 Å². The second-order valence-electron chi connectivity index (χ2n) is 5.04. The van der Waals surface area contributed by atoms with Gasteiger partial charge in [0.2, 0.25) is 0 Å². The average Bonchev–Trinajstić information content (AvgIpc) is 2.41. The Kier molecular flexibility index (Phi) is 5.07. The van der Waals surface area contributed by atoms with Gasteiger partial charge in [-0.15, -0.1) is 0 Å². The fourth-order valence-electron chi connectivity index (χ4n) is 2.94. The lowest BCUT2D eigenvalue weighted by molar-refractivity contribution is 0.305. The maximum atomic E-state index is 5.36. The van der Waals surface area contributed by atoms with Crippen molar-refractivity contribution in [2.75, 3.05) is 20.2 Å². The molecule has 2 nitrogen and oxygen atoms in total. The molecule has 1 heterocycles. The molecule has 100 valence electrons. The predicted octanol–water partition coefficient (Wildman–Crippen LogP) is 3.95. The fourth-order valence-corrected chi connectivity index (χ4v) is 3.48. The van der Waals surface area contributed by atoms with Crippen molar-refractivity contribution in [3.05, 3.63) is 28.2 Å². The van der Waals surface area contributed by atoms with E-state index >= 15 is 0 Å². The molecule has 0 aliphatic carbocycles. The number of methoxy groups -OCH3 is 1. The number of ether oxygens (including phenoxy) is 1. The Morgan fingerprint density at radius 3 is 3.00 bits per heavy atom. The maximum Gasteiger partial charge on any atom is 0.119 e. The zero-order chi connectivity index (χ0) is 13.0. The Hall–Kier alpha value is -0.540. The van der Waals surface area contributed by atoms with Crippen LogP contribution >= 0.6 is 15.9 Å². The average molecular weight is 312 g/mol. The normalized spacial score (nSPS) is 23.9. The zero-order valence-electron chi connectivity index (χ0n) is 11.2. The summed E-state index contributed by atoms with van der Waals surface area (Å²) in [5, 5.41) is 3.52. The standard InChI is InChI=1S/C15H22BrNO/c1-3-4-11-10-17-8-7-13(11)14-9-12(18-2)5-6-15(14)16/h5-6,9,11,13,17H,3-4,7-8,10H2,1-2H3. The van der Waals surface area contributed by atoms with Gasteiger partial charge in [0.1, 0.15) is 5.75 Å². The topological polar surface area (TPSA) is 21.3 Å². The molecule has 18 heavy (non-hydrogen) atoms. The van der Waals surface area contributed by atoms with Gasteiger partial charge in [-0.3, -0.25) is 0 Å². The first kappa shape index (κ1) is 13.9. The zero-order valence-corrected chi connectivity index (χ0v) is 12.8. The molecule has 2 atom stereocenters. The maximum absolute atomic E-state index is 5.36. The van der Waals surface area contributed by atoms with E-state index in [1.807, 2.05) is 6.07 Å². The molecule has 0 radical (unpaired) electrons. The van der Waals surface area contributed by atoms with Gasteiger partial charge in [0.25, 0.3) is 0 Å². The summed E-state index contributed by atoms with van der Waals surface area (Å²) in [5.74, 6) is 2.35. The van der Waals surface area contributed by atoms with E-state index in [9.17, 15) is 0 Å². The van der Waals surface area contributed by atoms with E-state index < -0.39 is 0 Å². The van der Waals surface area contributed by atoms with Gasteiger partial charge in [-0.2, -0.15) is 0 Å². The molecule has 1 saturated heterocycles. The highest BCUT2D eigenvalue weighted by molar-refractivity contribution is 9.10. The van der Waals surface area contributed by atoms with Crippen LogP contribution in [0.15, 0.2) is 22.7 Å². The van der Waals surface area contributed by atoms with Gasteiger partial charge < -0.3 is 10.1 Å². The Balaban J connectivity index is 2.26. The number of piperidine rings is 1. The first-order valence-electron chi connectivity index (χ1n) is 6.80. The minimum absolute atomic E-state index is 0.649. The third-order valence-corrected chi connectivity index (χ3v) is 4.59. The molecule has 1 aromatic rings. The van der Waals surface area contributed by atoms with Crippen LogP contribution < -0.4 is 10.1 Å². The minimum Gasteiger partial charge on any atom is -0.497 e. The quantitative estimate of drug-likeness (QED) is 0.909. The molecule has 0 spiro atoms. The molecule has 1 aliphatic heterocycles. The van der Waals surface area contributed by atoms with E-state index in [1.54, 1.807) is 7.11 Å². The number of benzene rings is 1. The van der Waals surface area contributed by atoms with Crippen molar-refractivity contribution in [2.45, 2.75) is 32.1 Å². The summed E-state index contributed by atoms with van der Waals surface area (Å²) >= 11 is 3.70. The second kappa shape index (κ2) is 6.58. The van der Waals surface area contributed by atoms with Crippen LogP contribution in [0.4, 0.5) is 0 Å². The first-order chi connectivity index (χ1) is 8.76. The number of nitrogens with one attached hydrogen (secondary N) is 1. The molecule has 0 amide bonds. The van der Waals surface area contributed by atoms with Gasteiger partial charge in [0.05, 0.1) is 7.11 Å². The van der Waals surface area contributed by atoms with Crippen molar-refractivity contribution >= 4 is 15.9 Å². The SMILES string of the molecule is CCCC1CNCCC1c1cc(OC)ccc1Br. The van der Waals surface area contributed by atoms with Crippen molar-refractivity contribution in [3.8, 4) is 5.75 Å². The predicted molar refractivity (Wildman–Crippen MR) is 79.3 cm³/mol. The number of rotatable bonds is 4. The van der Waals surface area contributed by atoms with Crippen LogP contribution in [-0.4, -0.2) is 20.2 Å². The molecule has 0 aromatic heterocycles. The Morgan fingerprint density at radius 2 is 2.28 bits per heavy atom. The Bertz CT molecular complexity index is 392. The van der Waals surface area contributed by atoms with Gasteiger partial charge >= 0.3 is 0 Å². The summed E-state index contributed by atoms with van der Waals surface area (Å²) in [7, 11) is 1.74. The summed E-state index contributed by atoms with van der Waals surface area (Å²) in [4.78, 5) is 0. The smallest absolute Gasteiger partial charge is 0.119 e. The van der Waals surface area contributed by atoms with Gasteiger partial charge in [-0.05, 0) is 61.5 Å². The van der Waals surface area contributed by atoms with Crippen LogP contribution in [0.2, 0.25) is 0 Å². The van der Waals surface area contributed by atoms with E-state index in [4.69, 9.17) is 4.74 Å². The van der Waals surface area contributed by atoms with Gasteiger partial charge in [0.15, 0.2) is 0 Å². The molecule has 0 saturated carbocycles. The Morgan fingerprint density at radius 1 is 1.44 bits per heavy atom. The van der Waals surface area contributed by atoms with Gasteiger partial charge in [-0.25, -0.2) is 0 Å². The summed E-state index contributed by atoms with van der Waals surface area (Å²) in [5.41, 5.74) is 1.41. The monoisotopic (exact) mass is 311 g/mol. The molecule has 1 aromatic carbocycles. The lowest BCUT2D eigenvalue weighted by Crippen LogP contribution is -2.35. The summed E-state index contributed by atoms with van der Waals surface area (Å²) in [6.07, 6.45) is 3.77. The lowest BCUT2D eigenvalue weighted by atomic mass is 9.79. The number of hydrogen-bond acceptors (Lipinski definition) is 2. The summed E-state index contributed by atoms with van der Waals surface area (Å²) in [6, 6.07) is 6.32. The lowest BCUT2D eigenvalue weighted by Gasteiger charge is -2.33. The molecule has 1 aliphatic rings. The number of hydrogen-bond donors (Lipinski definition) is 1. The highest BCUT2D eigenvalue weighted by Crippen LogP contribution is 2.38. The fraction of sp³-hybridized carbons (Fsp3) is 0.600. The molecule has 1 N–H and O–H groups in total. The van der Waals surface area contributed by atoms with E-state index in [0.717, 1.165) is 24.8 Å². The largest absolute Gasteiger partial charge is 0.497 e. The second-order valence-corrected chi connectivity index (χ2v) is 5.89. The van der Waals surface area contributed by atoms with Crippen LogP contribution in [0, 0.1) is 5.92 Å². The van der Waals surface area contributed by atoms with E-state index in [2.05, 4.69) is 40.3 Å². The van der Waals surface area contributed by atoms with Crippen molar-refractivity contribution in [3.63, 3.8) is 0 Å². The highest BCUT2D eigenvalue weighted by Gasteiger charge is 2.27. The van der Waals surface area contributed by atoms with E-state index in [0.29, 0.717) is 5.92 Å². The molecule has 1 fully saturated rings.